The summed E-state index contributed by atoms with van der Waals surface area (Å²) in [4.78, 5) is 8.13. The summed E-state index contributed by atoms with van der Waals surface area (Å²) in [6.07, 6.45) is 1.64. The Bertz CT molecular complexity index is 295. The Kier molecular flexibility index (Phi) is 3.24. The summed E-state index contributed by atoms with van der Waals surface area (Å²) in [5.41, 5.74) is 5.52. The zero-order chi connectivity index (χ0) is 10.6. The fourth-order valence-corrected chi connectivity index (χ4v) is 0.848. The third-order valence-electron chi connectivity index (χ3n) is 1.54. The highest BCUT2D eigenvalue weighted by molar-refractivity contribution is 5.27. The van der Waals surface area contributed by atoms with Crippen LogP contribution in [0, 0.1) is 0 Å². The van der Waals surface area contributed by atoms with Crippen molar-refractivity contribution < 1.29 is 4.74 Å². The molecule has 0 unspecified atom stereocenters. The number of nitrogens with one attached hydrogen (secondary N) is 1. The molecule has 0 saturated heterocycles. The topological polar surface area (TPSA) is 73.1 Å². The van der Waals surface area contributed by atoms with Gasteiger partial charge in [-0.05, 0) is 13.8 Å². The first-order chi connectivity index (χ1) is 6.51. The monoisotopic (exact) mass is 196 g/mol. The van der Waals surface area contributed by atoms with Crippen LogP contribution in [0.1, 0.15) is 13.8 Å². The van der Waals surface area contributed by atoms with Gasteiger partial charge in [-0.3, -0.25) is 0 Å². The average molecular weight is 196 g/mol. The highest BCUT2D eigenvalue weighted by atomic mass is 16.5. The van der Waals surface area contributed by atoms with Gasteiger partial charge >= 0.3 is 0 Å². The second-order valence-electron chi connectivity index (χ2n) is 3.76. The van der Waals surface area contributed by atoms with Gasteiger partial charge in [0.1, 0.15) is 0 Å². The van der Waals surface area contributed by atoms with Crippen LogP contribution in [0.2, 0.25) is 0 Å². The van der Waals surface area contributed by atoms with Gasteiger partial charge in [0.25, 0.3) is 0 Å². The molecule has 0 fully saturated rings. The SMILES string of the molecule is COc1ccnc(NCC(C)(C)N)n1. The van der Waals surface area contributed by atoms with E-state index in [-0.39, 0.29) is 5.54 Å². The van der Waals surface area contributed by atoms with Gasteiger partial charge in [0.15, 0.2) is 0 Å². The number of methoxy groups -OCH3 is 1. The number of hydrogen-bond acceptors (Lipinski definition) is 5. The van der Waals surface area contributed by atoms with E-state index in [1.54, 1.807) is 19.4 Å². The highest BCUT2D eigenvalue weighted by Crippen LogP contribution is 2.07. The molecule has 78 valence electrons. The molecule has 0 radical (unpaired) electrons. The number of hydrogen-bond donors (Lipinski definition) is 2. The Hall–Kier alpha value is -1.36. The number of nitrogens with zero attached hydrogens (tertiary/aromatic N) is 2. The summed E-state index contributed by atoms with van der Waals surface area (Å²) in [6, 6.07) is 1.69. The average Bonchev–Trinajstić information content (AvgIpc) is 2.14. The molecular weight excluding hydrogens is 180 g/mol. The molecule has 0 saturated carbocycles. The summed E-state index contributed by atoms with van der Waals surface area (Å²) in [6.45, 7) is 4.47. The lowest BCUT2D eigenvalue weighted by Gasteiger charge is -2.18. The number of ether oxygens (including phenoxy) is 1. The van der Waals surface area contributed by atoms with Crippen LogP contribution in [0.3, 0.4) is 0 Å². The zero-order valence-electron chi connectivity index (χ0n) is 8.74. The second kappa shape index (κ2) is 4.23. The largest absolute Gasteiger partial charge is 0.481 e. The van der Waals surface area contributed by atoms with Gasteiger partial charge in [0.2, 0.25) is 11.8 Å². The van der Waals surface area contributed by atoms with E-state index in [1.165, 1.54) is 0 Å². The van der Waals surface area contributed by atoms with Crippen LogP contribution in [-0.4, -0.2) is 29.2 Å². The zero-order valence-corrected chi connectivity index (χ0v) is 8.74. The molecule has 1 heterocycles. The van der Waals surface area contributed by atoms with Gasteiger partial charge in [-0.25, -0.2) is 4.98 Å². The maximum absolute atomic E-state index is 5.80. The second-order valence-corrected chi connectivity index (χ2v) is 3.76. The lowest BCUT2D eigenvalue weighted by atomic mass is 10.1. The normalized spacial score (nSPS) is 11.1. The summed E-state index contributed by atoms with van der Waals surface area (Å²) >= 11 is 0. The molecule has 0 amide bonds. The van der Waals surface area contributed by atoms with Crippen LogP contribution in [0.5, 0.6) is 5.88 Å². The molecule has 0 atom stereocenters. The third-order valence-corrected chi connectivity index (χ3v) is 1.54. The Morgan fingerprint density at radius 1 is 1.57 bits per heavy atom. The molecule has 1 rings (SSSR count). The standard InChI is InChI=1S/C9H16N4O/c1-9(2,10)6-12-8-11-5-4-7(13-8)14-3/h4-5H,6,10H2,1-3H3,(H,11,12,13). The van der Waals surface area contributed by atoms with E-state index in [2.05, 4.69) is 15.3 Å². The summed E-state index contributed by atoms with van der Waals surface area (Å²) < 4.78 is 4.96. The first-order valence-electron chi connectivity index (χ1n) is 4.41. The summed E-state index contributed by atoms with van der Waals surface area (Å²) in [5, 5.41) is 3.03. The van der Waals surface area contributed by atoms with Crippen LogP contribution in [0.25, 0.3) is 0 Å². The number of nitrogens with two attached hydrogens (primary N) is 1. The minimum absolute atomic E-state index is 0.285. The van der Waals surface area contributed by atoms with E-state index < -0.39 is 0 Å². The smallest absolute Gasteiger partial charge is 0.226 e. The summed E-state index contributed by atoms with van der Waals surface area (Å²) in [5.74, 6) is 1.07. The Morgan fingerprint density at radius 2 is 2.29 bits per heavy atom. The Labute approximate surface area is 83.7 Å². The maximum atomic E-state index is 5.80. The van der Waals surface area contributed by atoms with E-state index in [4.69, 9.17) is 10.5 Å². The quantitative estimate of drug-likeness (QED) is 0.739. The predicted octanol–water partition coefficient (Wildman–Crippen LogP) is 0.634. The molecule has 14 heavy (non-hydrogen) atoms. The maximum Gasteiger partial charge on any atom is 0.226 e. The Morgan fingerprint density at radius 3 is 2.86 bits per heavy atom. The van der Waals surface area contributed by atoms with Crippen molar-refractivity contribution in [2.75, 3.05) is 19.0 Å². The van der Waals surface area contributed by atoms with Crippen molar-refractivity contribution in [3.8, 4) is 5.88 Å². The van der Waals surface area contributed by atoms with E-state index in [1.807, 2.05) is 13.8 Å². The molecule has 0 aliphatic heterocycles. The minimum atomic E-state index is -0.285. The van der Waals surface area contributed by atoms with Crippen molar-refractivity contribution in [1.82, 2.24) is 9.97 Å². The lowest BCUT2D eigenvalue weighted by molar-refractivity contribution is 0.397. The minimum Gasteiger partial charge on any atom is -0.481 e. The fraction of sp³-hybridized carbons (Fsp3) is 0.556. The molecule has 0 aromatic carbocycles. The highest BCUT2D eigenvalue weighted by Gasteiger charge is 2.10. The van der Waals surface area contributed by atoms with Crippen LogP contribution in [0.4, 0.5) is 5.95 Å². The molecule has 3 N–H and O–H groups in total. The van der Waals surface area contributed by atoms with Crippen molar-refractivity contribution in [2.45, 2.75) is 19.4 Å². The Balaban J connectivity index is 2.59. The third kappa shape index (κ3) is 3.57. The molecule has 1 aromatic rings. The molecule has 0 spiro atoms. The van der Waals surface area contributed by atoms with E-state index in [9.17, 15) is 0 Å². The van der Waals surface area contributed by atoms with Crippen LogP contribution in [-0.2, 0) is 0 Å². The lowest BCUT2D eigenvalue weighted by Crippen LogP contribution is -2.39. The van der Waals surface area contributed by atoms with Crippen molar-refractivity contribution >= 4 is 5.95 Å². The van der Waals surface area contributed by atoms with E-state index >= 15 is 0 Å². The van der Waals surface area contributed by atoms with Crippen LogP contribution >= 0.6 is 0 Å². The molecule has 0 aliphatic carbocycles. The van der Waals surface area contributed by atoms with Crippen molar-refractivity contribution in [3.63, 3.8) is 0 Å². The molecule has 5 nitrogen and oxygen atoms in total. The van der Waals surface area contributed by atoms with Gasteiger partial charge in [0.05, 0.1) is 7.11 Å². The number of aromatic nitrogens is 2. The molecule has 0 bridgehead atoms. The van der Waals surface area contributed by atoms with Crippen molar-refractivity contribution in [1.29, 1.82) is 0 Å². The van der Waals surface area contributed by atoms with Gasteiger partial charge in [0, 0.05) is 24.3 Å². The number of anilines is 1. The van der Waals surface area contributed by atoms with Crippen molar-refractivity contribution in [3.05, 3.63) is 12.3 Å². The summed E-state index contributed by atoms with van der Waals surface area (Å²) in [7, 11) is 1.57. The molecule has 0 aliphatic rings. The van der Waals surface area contributed by atoms with E-state index in [0.29, 0.717) is 18.4 Å². The molecule has 5 heteroatoms. The van der Waals surface area contributed by atoms with Crippen molar-refractivity contribution in [2.24, 2.45) is 5.73 Å². The van der Waals surface area contributed by atoms with Gasteiger partial charge in [-0.1, -0.05) is 0 Å². The van der Waals surface area contributed by atoms with E-state index in [0.717, 1.165) is 0 Å². The predicted molar refractivity (Wildman–Crippen MR) is 55.3 cm³/mol. The van der Waals surface area contributed by atoms with Gasteiger partial charge < -0.3 is 15.8 Å². The fourth-order valence-electron chi connectivity index (χ4n) is 0.848. The van der Waals surface area contributed by atoms with Crippen LogP contribution in [0.15, 0.2) is 12.3 Å². The number of rotatable bonds is 4. The van der Waals surface area contributed by atoms with Crippen LogP contribution < -0.4 is 15.8 Å². The molecule has 1 aromatic heterocycles. The molecular formula is C9H16N4O. The van der Waals surface area contributed by atoms with Gasteiger partial charge in [-0.2, -0.15) is 4.98 Å². The van der Waals surface area contributed by atoms with Gasteiger partial charge in [-0.15, -0.1) is 0 Å². The first kappa shape index (κ1) is 10.7. The first-order valence-corrected chi connectivity index (χ1v) is 4.41.